The molecule has 0 aliphatic carbocycles. The molecule has 0 aromatic heterocycles. The van der Waals surface area contributed by atoms with E-state index in [0.717, 1.165) is 16.9 Å². The van der Waals surface area contributed by atoms with Crippen molar-refractivity contribution in [3.05, 3.63) is 0 Å². The third-order valence-electron chi connectivity index (χ3n) is 3.32. The predicted octanol–water partition coefficient (Wildman–Crippen LogP) is 2.69. The van der Waals surface area contributed by atoms with Gasteiger partial charge in [0.2, 0.25) is 5.84 Å². The van der Waals surface area contributed by atoms with Gasteiger partial charge in [0.1, 0.15) is 6.54 Å². The topological polar surface area (TPSA) is 12.4 Å². The molecular weight excluding hydrogens is 172 g/mol. The maximum absolute atomic E-state index is 4.70. The van der Waals surface area contributed by atoms with E-state index in [0.29, 0.717) is 0 Å². The first-order chi connectivity index (χ1) is 6.61. The van der Waals surface area contributed by atoms with Crippen LogP contribution in [0.2, 0.25) is 0 Å². The van der Waals surface area contributed by atoms with Gasteiger partial charge in [0.05, 0.1) is 26.6 Å². The monoisotopic (exact) mass is 197 g/mol. The number of amidine groups is 1. The standard InChI is InChI=1S/C12H25N2/c1-5-7-8-11(6-2)12-13-9-10-14(12,3)4/h11H,5-10H2,1-4H3/q+1. The van der Waals surface area contributed by atoms with E-state index >= 15 is 0 Å². The van der Waals surface area contributed by atoms with Gasteiger partial charge < -0.3 is 0 Å². The second-order valence-corrected chi connectivity index (χ2v) is 4.90. The molecular formula is C12H25N2+. The Bertz CT molecular complexity index is 206. The van der Waals surface area contributed by atoms with E-state index in [9.17, 15) is 0 Å². The van der Waals surface area contributed by atoms with Crippen LogP contribution in [0.25, 0.3) is 0 Å². The van der Waals surface area contributed by atoms with Crippen molar-refractivity contribution >= 4 is 5.84 Å². The van der Waals surface area contributed by atoms with Crippen LogP contribution in [0.4, 0.5) is 0 Å². The fourth-order valence-corrected chi connectivity index (χ4v) is 2.31. The van der Waals surface area contributed by atoms with Crippen molar-refractivity contribution in [2.24, 2.45) is 10.9 Å². The van der Waals surface area contributed by atoms with E-state index in [1.54, 1.807) is 0 Å². The van der Waals surface area contributed by atoms with E-state index in [4.69, 9.17) is 4.99 Å². The molecule has 0 fully saturated rings. The van der Waals surface area contributed by atoms with Crippen LogP contribution in [0.1, 0.15) is 39.5 Å². The largest absolute Gasteiger partial charge is 0.282 e. The molecule has 82 valence electrons. The van der Waals surface area contributed by atoms with Gasteiger partial charge >= 0.3 is 0 Å². The van der Waals surface area contributed by atoms with Crippen LogP contribution < -0.4 is 0 Å². The minimum atomic E-state index is 0.729. The Morgan fingerprint density at radius 2 is 2.07 bits per heavy atom. The minimum Gasteiger partial charge on any atom is -0.282 e. The summed E-state index contributed by atoms with van der Waals surface area (Å²) in [6.07, 6.45) is 5.22. The maximum Gasteiger partial charge on any atom is 0.201 e. The number of aliphatic imine (C=N–C) groups is 1. The second kappa shape index (κ2) is 4.92. The summed E-state index contributed by atoms with van der Waals surface area (Å²) < 4.78 is 1.03. The zero-order chi connectivity index (χ0) is 10.6. The molecule has 0 bridgehead atoms. The molecule has 0 spiro atoms. The van der Waals surface area contributed by atoms with E-state index in [1.807, 2.05) is 0 Å². The first-order valence-corrected chi connectivity index (χ1v) is 5.99. The lowest BCUT2D eigenvalue weighted by Gasteiger charge is -2.29. The van der Waals surface area contributed by atoms with Crippen molar-refractivity contribution in [3.63, 3.8) is 0 Å². The van der Waals surface area contributed by atoms with E-state index in [2.05, 4.69) is 27.9 Å². The lowest BCUT2D eigenvalue weighted by Crippen LogP contribution is -2.46. The average Bonchev–Trinajstić information content (AvgIpc) is 2.48. The number of quaternary nitrogens is 1. The lowest BCUT2D eigenvalue weighted by molar-refractivity contribution is -0.794. The molecule has 14 heavy (non-hydrogen) atoms. The van der Waals surface area contributed by atoms with E-state index < -0.39 is 0 Å². The van der Waals surface area contributed by atoms with Crippen LogP contribution in [0.15, 0.2) is 4.99 Å². The molecule has 1 atom stereocenters. The molecule has 1 rings (SSSR count). The summed E-state index contributed by atoms with van der Waals surface area (Å²) in [6.45, 7) is 6.78. The predicted molar refractivity (Wildman–Crippen MR) is 62.6 cm³/mol. The van der Waals surface area contributed by atoms with Crippen LogP contribution in [0.5, 0.6) is 0 Å². The number of unbranched alkanes of at least 4 members (excludes halogenated alkanes) is 1. The van der Waals surface area contributed by atoms with Gasteiger partial charge in [0.15, 0.2) is 0 Å². The van der Waals surface area contributed by atoms with Crippen LogP contribution in [-0.2, 0) is 0 Å². The normalized spacial score (nSPS) is 22.1. The first kappa shape index (κ1) is 11.7. The molecule has 1 unspecified atom stereocenters. The number of hydrogen-bond acceptors (Lipinski definition) is 1. The highest BCUT2D eigenvalue weighted by molar-refractivity contribution is 5.79. The molecule has 0 aromatic rings. The van der Waals surface area contributed by atoms with Crippen molar-refractivity contribution in [2.75, 3.05) is 27.2 Å². The van der Waals surface area contributed by atoms with Gasteiger partial charge in [0, 0.05) is 0 Å². The Morgan fingerprint density at radius 3 is 2.50 bits per heavy atom. The van der Waals surface area contributed by atoms with E-state index in [-0.39, 0.29) is 0 Å². The maximum atomic E-state index is 4.70. The summed E-state index contributed by atoms with van der Waals surface area (Å²) >= 11 is 0. The van der Waals surface area contributed by atoms with Gasteiger partial charge in [-0.3, -0.25) is 4.48 Å². The number of rotatable bonds is 5. The summed E-state index contributed by atoms with van der Waals surface area (Å²) in [5, 5.41) is 0. The van der Waals surface area contributed by atoms with Crippen molar-refractivity contribution < 1.29 is 4.48 Å². The van der Waals surface area contributed by atoms with Crippen LogP contribution in [0, 0.1) is 5.92 Å². The number of nitrogens with zero attached hydrogens (tertiary/aromatic N) is 2. The van der Waals surface area contributed by atoms with Crippen LogP contribution in [0.3, 0.4) is 0 Å². The Kier molecular flexibility index (Phi) is 4.11. The second-order valence-electron chi connectivity index (χ2n) is 4.90. The molecule has 0 aromatic carbocycles. The summed E-state index contributed by atoms with van der Waals surface area (Å²) in [5.41, 5.74) is 0. The molecule has 2 heteroatoms. The fraction of sp³-hybridized carbons (Fsp3) is 0.917. The van der Waals surface area contributed by atoms with Gasteiger partial charge in [-0.25, -0.2) is 4.99 Å². The lowest BCUT2D eigenvalue weighted by atomic mass is 9.97. The van der Waals surface area contributed by atoms with Crippen molar-refractivity contribution in [3.8, 4) is 0 Å². The molecule has 1 heterocycles. The smallest absolute Gasteiger partial charge is 0.201 e. The summed E-state index contributed by atoms with van der Waals surface area (Å²) in [5.74, 6) is 2.17. The summed E-state index contributed by atoms with van der Waals surface area (Å²) in [6, 6.07) is 0. The highest BCUT2D eigenvalue weighted by atomic mass is 15.4. The molecule has 0 saturated heterocycles. The molecule has 0 radical (unpaired) electrons. The van der Waals surface area contributed by atoms with Gasteiger partial charge in [-0.1, -0.05) is 26.7 Å². The number of likely N-dealkylation sites (N-methyl/N-ethyl adjacent to an activating group) is 1. The highest BCUT2D eigenvalue weighted by Gasteiger charge is 2.33. The molecule has 2 nitrogen and oxygen atoms in total. The quantitative estimate of drug-likeness (QED) is 0.601. The van der Waals surface area contributed by atoms with Gasteiger partial charge in [0.25, 0.3) is 0 Å². The molecule has 0 amide bonds. The van der Waals surface area contributed by atoms with E-state index in [1.165, 1.54) is 38.1 Å². The summed E-state index contributed by atoms with van der Waals surface area (Å²) in [4.78, 5) is 4.70. The average molecular weight is 197 g/mol. The third-order valence-corrected chi connectivity index (χ3v) is 3.32. The van der Waals surface area contributed by atoms with Crippen molar-refractivity contribution in [1.29, 1.82) is 0 Å². The first-order valence-electron chi connectivity index (χ1n) is 5.99. The van der Waals surface area contributed by atoms with Gasteiger partial charge in [-0.05, 0) is 12.8 Å². The SMILES string of the molecule is CCCCC(CC)C1=NCC[N+]1(C)C. The molecule has 1 aliphatic rings. The molecule has 1 aliphatic heterocycles. The Balaban J connectivity index is 2.60. The Morgan fingerprint density at radius 1 is 1.36 bits per heavy atom. The zero-order valence-electron chi connectivity index (χ0n) is 10.2. The highest BCUT2D eigenvalue weighted by Crippen LogP contribution is 2.22. The van der Waals surface area contributed by atoms with Crippen molar-refractivity contribution in [2.45, 2.75) is 39.5 Å². The van der Waals surface area contributed by atoms with Crippen molar-refractivity contribution in [1.82, 2.24) is 0 Å². The zero-order valence-corrected chi connectivity index (χ0v) is 10.2. The molecule has 0 saturated carbocycles. The number of hydrogen-bond donors (Lipinski definition) is 0. The van der Waals surface area contributed by atoms with Gasteiger partial charge in [-0.2, -0.15) is 0 Å². The Labute approximate surface area is 88.6 Å². The summed E-state index contributed by atoms with van der Waals surface area (Å²) in [7, 11) is 4.58. The fourth-order valence-electron chi connectivity index (χ4n) is 2.31. The minimum absolute atomic E-state index is 0.729. The van der Waals surface area contributed by atoms with Gasteiger partial charge in [-0.15, -0.1) is 0 Å². The third kappa shape index (κ3) is 2.57. The van der Waals surface area contributed by atoms with Crippen LogP contribution >= 0.6 is 0 Å². The Hall–Kier alpha value is -0.370. The molecule has 0 N–H and O–H groups in total. The van der Waals surface area contributed by atoms with Crippen LogP contribution in [-0.4, -0.2) is 37.5 Å².